The molecule has 0 radical (unpaired) electrons. The van der Waals surface area contributed by atoms with Gasteiger partial charge in [-0.3, -0.25) is 0 Å². The van der Waals surface area contributed by atoms with Crippen molar-refractivity contribution in [3.8, 4) is 0 Å². The molecule has 0 aliphatic rings. The minimum atomic E-state index is -0.291. The molecule has 5 aromatic carbocycles. The third-order valence-electron chi connectivity index (χ3n) is 9.07. The first-order valence-corrected chi connectivity index (χ1v) is 19.4. The maximum absolute atomic E-state index is 13.3. The summed E-state index contributed by atoms with van der Waals surface area (Å²) in [6.07, 6.45) is 11.3. The first kappa shape index (κ1) is 42.4. The number of rotatable bonds is 16. The number of quaternary nitrogens is 2. The Hall–Kier alpha value is -6.74. The first-order chi connectivity index (χ1) is 28.1. The Morgan fingerprint density at radius 1 is 0.448 bits per heavy atom. The molecule has 0 aromatic heterocycles. The molecule has 0 saturated heterocycles. The van der Waals surface area contributed by atoms with Gasteiger partial charge in [-0.25, -0.2) is 9.59 Å². The van der Waals surface area contributed by atoms with E-state index in [1.165, 1.54) is 22.0 Å². The van der Waals surface area contributed by atoms with Crippen LogP contribution in [0.15, 0.2) is 168 Å². The van der Waals surface area contributed by atoms with Gasteiger partial charge in [0, 0.05) is 22.3 Å². The molecule has 294 valence electrons. The van der Waals surface area contributed by atoms with Gasteiger partial charge in [0.15, 0.2) is 0 Å². The minimum Gasteiger partial charge on any atom is -0.493 e. The predicted molar refractivity (Wildman–Crippen MR) is 234 cm³/mol. The summed E-state index contributed by atoms with van der Waals surface area (Å²) in [6, 6.07) is 38.8. The third-order valence-corrected chi connectivity index (χ3v) is 9.07. The van der Waals surface area contributed by atoms with Gasteiger partial charge in [-0.2, -0.15) is 10.9 Å². The molecule has 0 fully saturated rings. The molecule has 0 unspecified atom stereocenters. The van der Waals surface area contributed by atoms with E-state index >= 15 is 0 Å². The van der Waals surface area contributed by atoms with Gasteiger partial charge in [0.25, 0.3) is 0 Å². The second-order valence-corrected chi connectivity index (χ2v) is 13.7. The summed E-state index contributed by atoms with van der Waals surface area (Å²) in [5, 5.41) is 9.22. The highest BCUT2D eigenvalue weighted by molar-refractivity contribution is 6.09. The lowest BCUT2D eigenvalue weighted by atomic mass is 10.1. The molecule has 58 heavy (non-hydrogen) atoms. The zero-order valence-electron chi connectivity index (χ0n) is 34.1. The summed E-state index contributed by atoms with van der Waals surface area (Å²) in [5.41, 5.74) is 12.9. The lowest BCUT2D eigenvalue weighted by Crippen LogP contribution is -2.83. The Balaban J connectivity index is 1.31. The van der Waals surface area contributed by atoms with Crippen LogP contribution in [-0.4, -0.2) is 36.5 Å². The van der Waals surface area contributed by atoms with Crippen LogP contribution in [0.1, 0.15) is 79.1 Å². The van der Waals surface area contributed by atoms with Gasteiger partial charge < -0.3 is 9.47 Å². The number of nitrogens with zero attached hydrogens (tertiary/aromatic N) is 2. The number of carbonyl (C=O) groups excluding carboxylic acids is 2. The standard InChI is InChI=1S/C50H50N4O4/c1-7-57-47(41-27-19-37(5)20-28-41)13-9-11-45(39-23-15-35(3)16-24-39)51-53-49(55)43-31-33-44(34-32-43)50(56)54-52-46(40-25-17-36(4)18-26-40)12-10-14-48(58-8-2)42-29-21-38(6)22-30-42/h9-34H,7-8H2,1-6H3,(H,53,55)(H,54,56)/p+2/b11-9+,12-10+,47-13-,48-14+,51-45-,52-46+. The zero-order chi connectivity index (χ0) is 41.3. The van der Waals surface area contributed by atoms with Gasteiger partial charge in [0.05, 0.1) is 24.3 Å². The van der Waals surface area contributed by atoms with Gasteiger partial charge in [-0.05, 0) is 90.1 Å². The number of nitrogens with two attached hydrogens (primary N) is 2. The summed E-state index contributed by atoms with van der Waals surface area (Å²) < 4.78 is 11.8. The highest BCUT2D eigenvalue weighted by atomic mass is 16.5. The smallest absolute Gasteiger partial charge is 0.368 e. The highest BCUT2D eigenvalue weighted by Gasteiger charge is 2.16. The Morgan fingerprint density at radius 2 is 0.724 bits per heavy atom. The quantitative estimate of drug-likeness (QED) is 0.0345. The fraction of sp³-hybridized carbons (Fsp3) is 0.160. The van der Waals surface area contributed by atoms with Crippen LogP contribution in [0.5, 0.6) is 0 Å². The maximum Gasteiger partial charge on any atom is 0.368 e. The van der Waals surface area contributed by atoms with Gasteiger partial charge in [-0.15, -0.1) is 0 Å². The second-order valence-electron chi connectivity index (χ2n) is 13.7. The number of amides is 2. The largest absolute Gasteiger partial charge is 0.493 e. The van der Waals surface area contributed by atoms with Crippen LogP contribution in [0, 0.1) is 27.7 Å². The van der Waals surface area contributed by atoms with E-state index in [0.717, 1.165) is 44.9 Å². The zero-order valence-corrected chi connectivity index (χ0v) is 34.1. The fourth-order valence-electron chi connectivity index (χ4n) is 5.74. The maximum atomic E-state index is 13.3. The molecule has 0 aliphatic carbocycles. The van der Waals surface area contributed by atoms with Gasteiger partial charge in [0.2, 0.25) is 0 Å². The van der Waals surface area contributed by atoms with Crippen molar-refractivity contribution in [1.82, 2.24) is 0 Å². The van der Waals surface area contributed by atoms with Crippen molar-refractivity contribution < 1.29 is 29.9 Å². The molecule has 0 aliphatic heterocycles. The molecular formula is C50H52N4O4+2. The van der Waals surface area contributed by atoms with Crippen molar-refractivity contribution in [2.45, 2.75) is 41.5 Å². The average Bonchev–Trinajstić information content (AvgIpc) is 3.23. The van der Waals surface area contributed by atoms with Crippen molar-refractivity contribution in [3.05, 3.63) is 213 Å². The van der Waals surface area contributed by atoms with E-state index in [1.807, 2.05) is 175 Å². The molecule has 2 amide bonds. The fourth-order valence-corrected chi connectivity index (χ4v) is 5.74. The summed E-state index contributed by atoms with van der Waals surface area (Å²) in [4.78, 5) is 26.7. The van der Waals surface area contributed by atoms with Crippen LogP contribution in [0.2, 0.25) is 0 Å². The molecule has 5 rings (SSSR count). The number of allylic oxidation sites excluding steroid dienone is 6. The number of primary amides is 2. The van der Waals surface area contributed by atoms with Crippen LogP contribution < -0.4 is 10.9 Å². The molecule has 0 bridgehead atoms. The van der Waals surface area contributed by atoms with Crippen LogP contribution in [0.3, 0.4) is 0 Å². The minimum absolute atomic E-state index is 0.291. The number of aryl methyl sites for hydroxylation is 4. The number of hydrogen-bond acceptors (Lipinski definition) is 6. The van der Waals surface area contributed by atoms with E-state index in [4.69, 9.17) is 9.47 Å². The lowest BCUT2D eigenvalue weighted by molar-refractivity contribution is -0.561. The number of ether oxygens (including phenoxy) is 2. The average molecular weight is 773 g/mol. The van der Waals surface area contributed by atoms with E-state index in [9.17, 15) is 9.59 Å². The van der Waals surface area contributed by atoms with Crippen LogP contribution in [0.25, 0.3) is 11.5 Å². The molecular weight excluding hydrogens is 721 g/mol. The second kappa shape index (κ2) is 21.5. The molecule has 0 spiro atoms. The monoisotopic (exact) mass is 772 g/mol. The summed E-state index contributed by atoms with van der Waals surface area (Å²) in [6.45, 7) is 13.1. The first-order valence-electron chi connectivity index (χ1n) is 19.4. The molecule has 8 heteroatoms. The topological polar surface area (TPSA) is 111 Å². The van der Waals surface area contributed by atoms with Crippen molar-refractivity contribution in [1.29, 1.82) is 0 Å². The Morgan fingerprint density at radius 3 is 1.02 bits per heavy atom. The molecule has 4 N–H and O–H groups in total. The summed E-state index contributed by atoms with van der Waals surface area (Å²) in [7, 11) is 0. The molecule has 0 atom stereocenters. The van der Waals surface area contributed by atoms with Crippen molar-refractivity contribution in [2.24, 2.45) is 10.2 Å². The normalized spacial score (nSPS) is 12.7. The summed E-state index contributed by atoms with van der Waals surface area (Å²) in [5.74, 6) is 0.900. The van der Waals surface area contributed by atoms with Crippen molar-refractivity contribution >= 4 is 34.8 Å². The lowest BCUT2D eigenvalue weighted by Gasteiger charge is -2.08. The van der Waals surface area contributed by atoms with Crippen molar-refractivity contribution in [3.63, 3.8) is 0 Å². The number of benzene rings is 5. The number of carbonyl (C=O) groups is 2. The Kier molecular flexibility index (Phi) is 15.7. The van der Waals surface area contributed by atoms with E-state index in [1.54, 1.807) is 24.3 Å². The molecule has 5 aromatic rings. The molecule has 8 nitrogen and oxygen atoms in total. The third kappa shape index (κ3) is 12.6. The SMILES string of the molecule is CCO\C(=C/C=C/C(=N/[NH2+]C(=O)c1ccc(C(=O)[NH2+]\N=C(/C=C/C=C(/OCC)c2ccc(C)cc2)c2ccc(C)cc2)cc1)c1ccc(C)cc1)c1ccc(C)cc1. The molecule has 0 saturated carbocycles. The predicted octanol–water partition coefficient (Wildman–Crippen LogP) is 8.40. The van der Waals surface area contributed by atoms with Crippen LogP contribution >= 0.6 is 0 Å². The van der Waals surface area contributed by atoms with Gasteiger partial charge >= 0.3 is 11.8 Å². The molecule has 0 heterocycles. The van der Waals surface area contributed by atoms with Crippen LogP contribution in [-0.2, 0) is 9.47 Å². The Labute approximate surface area is 342 Å². The van der Waals surface area contributed by atoms with E-state index in [0.29, 0.717) is 35.8 Å². The van der Waals surface area contributed by atoms with E-state index in [-0.39, 0.29) is 11.8 Å². The van der Waals surface area contributed by atoms with Crippen molar-refractivity contribution in [2.75, 3.05) is 13.2 Å². The van der Waals surface area contributed by atoms with E-state index < -0.39 is 0 Å². The van der Waals surface area contributed by atoms with Crippen LogP contribution in [0.4, 0.5) is 0 Å². The van der Waals surface area contributed by atoms with Gasteiger partial charge in [0.1, 0.15) is 22.9 Å². The highest BCUT2D eigenvalue weighted by Crippen LogP contribution is 2.19. The Bertz CT molecular complexity index is 2160. The van der Waals surface area contributed by atoms with Gasteiger partial charge in [-0.1, -0.05) is 142 Å². The number of hydrogen-bond donors (Lipinski definition) is 2. The summed E-state index contributed by atoms with van der Waals surface area (Å²) >= 11 is 0. The van der Waals surface area contributed by atoms with E-state index in [2.05, 4.69) is 10.2 Å².